The van der Waals surface area contributed by atoms with Crippen molar-refractivity contribution in [1.29, 1.82) is 0 Å². The van der Waals surface area contributed by atoms with E-state index >= 15 is 0 Å². The van der Waals surface area contributed by atoms with E-state index in [-0.39, 0.29) is 6.04 Å². The Morgan fingerprint density at radius 2 is 2.12 bits per heavy atom. The zero-order chi connectivity index (χ0) is 12.8. The van der Waals surface area contributed by atoms with Crippen LogP contribution < -0.4 is 10.5 Å². The van der Waals surface area contributed by atoms with E-state index in [4.69, 9.17) is 22.1 Å². The van der Waals surface area contributed by atoms with Crippen molar-refractivity contribution in [2.75, 3.05) is 7.11 Å². The Balaban J connectivity index is 2.77. The molecule has 0 bridgehead atoms. The first kappa shape index (κ1) is 14.3. The lowest BCUT2D eigenvalue weighted by Crippen LogP contribution is -2.19. The summed E-state index contributed by atoms with van der Waals surface area (Å²) in [4.78, 5) is 0. The fourth-order valence-electron chi connectivity index (χ4n) is 1.92. The van der Waals surface area contributed by atoms with Gasteiger partial charge in [0.2, 0.25) is 0 Å². The highest BCUT2D eigenvalue weighted by atomic mass is 35.5. The Kier molecular flexibility index (Phi) is 5.79. The molecule has 0 saturated carbocycles. The lowest BCUT2D eigenvalue weighted by molar-refractivity contribution is 0.411. The van der Waals surface area contributed by atoms with E-state index in [0.29, 0.717) is 10.9 Å². The van der Waals surface area contributed by atoms with Gasteiger partial charge in [-0.1, -0.05) is 44.4 Å². The summed E-state index contributed by atoms with van der Waals surface area (Å²) < 4.78 is 5.13. The second kappa shape index (κ2) is 6.87. The van der Waals surface area contributed by atoms with Crippen molar-refractivity contribution in [1.82, 2.24) is 0 Å². The number of ether oxygens (including phenoxy) is 1. The van der Waals surface area contributed by atoms with Gasteiger partial charge < -0.3 is 10.5 Å². The highest BCUT2D eigenvalue weighted by Gasteiger charge is 2.17. The van der Waals surface area contributed by atoms with E-state index in [0.717, 1.165) is 17.7 Å². The Labute approximate surface area is 109 Å². The molecule has 3 heteroatoms. The Hall–Kier alpha value is -0.730. The van der Waals surface area contributed by atoms with Gasteiger partial charge in [-0.05, 0) is 30.0 Å². The second-order valence-corrected chi connectivity index (χ2v) is 4.94. The topological polar surface area (TPSA) is 35.2 Å². The molecule has 1 rings (SSSR count). The first-order valence-corrected chi connectivity index (χ1v) is 6.57. The summed E-state index contributed by atoms with van der Waals surface area (Å²) in [6.45, 7) is 4.37. The van der Waals surface area contributed by atoms with Crippen LogP contribution in [0.25, 0.3) is 0 Å². The minimum Gasteiger partial charge on any atom is -0.497 e. The van der Waals surface area contributed by atoms with Gasteiger partial charge in [-0.25, -0.2) is 0 Å². The molecule has 0 fully saturated rings. The number of methoxy groups -OCH3 is 1. The molecule has 0 saturated heterocycles. The van der Waals surface area contributed by atoms with Crippen LogP contribution in [0.2, 0.25) is 5.02 Å². The number of halogens is 1. The molecule has 0 aliphatic heterocycles. The van der Waals surface area contributed by atoms with Crippen molar-refractivity contribution < 1.29 is 4.74 Å². The Bertz CT molecular complexity index is 354. The Morgan fingerprint density at radius 3 is 2.65 bits per heavy atom. The molecule has 1 aromatic carbocycles. The van der Waals surface area contributed by atoms with Gasteiger partial charge in [-0.3, -0.25) is 0 Å². The molecule has 0 aliphatic rings. The highest BCUT2D eigenvalue weighted by molar-refractivity contribution is 6.31. The molecule has 2 nitrogen and oxygen atoms in total. The maximum atomic E-state index is 6.25. The van der Waals surface area contributed by atoms with Crippen molar-refractivity contribution in [3.63, 3.8) is 0 Å². The molecule has 0 radical (unpaired) electrons. The van der Waals surface area contributed by atoms with E-state index in [9.17, 15) is 0 Å². The number of hydrogen-bond acceptors (Lipinski definition) is 2. The maximum absolute atomic E-state index is 6.25. The minimum absolute atomic E-state index is 0.0000406. The number of benzene rings is 1. The quantitative estimate of drug-likeness (QED) is 0.828. The molecule has 0 aromatic heterocycles. The van der Waals surface area contributed by atoms with Crippen LogP contribution in [-0.2, 0) is 0 Å². The molecule has 2 N–H and O–H groups in total. The highest BCUT2D eigenvalue weighted by Crippen LogP contribution is 2.31. The SMILES string of the molecule is CCCCC(C)C(N)c1ccc(OC)cc1Cl. The van der Waals surface area contributed by atoms with Crippen molar-refractivity contribution >= 4 is 11.6 Å². The summed E-state index contributed by atoms with van der Waals surface area (Å²) in [7, 11) is 1.63. The van der Waals surface area contributed by atoms with Gasteiger partial charge >= 0.3 is 0 Å². The molecule has 0 heterocycles. The number of rotatable bonds is 6. The van der Waals surface area contributed by atoms with Crippen LogP contribution in [-0.4, -0.2) is 7.11 Å². The zero-order valence-corrected chi connectivity index (χ0v) is 11.6. The van der Waals surface area contributed by atoms with Gasteiger partial charge in [0.05, 0.1) is 7.11 Å². The molecular weight excluding hydrogens is 234 g/mol. The van der Waals surface area contributed by atoms with Crippen LogP contribution in [0.3, 0.4) is 0 Å². The minimum atomic E-state index is -0.0000406. The summed E-state index contributed by atoms with van der Waals surface area (Å²) in [6, 6.07) is 5.70. The summed E-state index contributed by atoms with van der Waals surface area (Å²) in [6.07, 6.45) is 3.55. The number of unbranched alkanes of at least 4 members (excludes halogenated alkanes) is 1. The van der Waals surface area contributed by atoms with Gasteiger partial charge in [0.15, 0.2) is 0 Å². The monoisotopic (exact) mass is 255 g/mol. The number of hydrogen-bond donors (Lipinski definition) is 1. The van der Waals surface area contributed by atoms with Crippen LogP contribution in [0.15, 0.2) is 18.2 Å². The van der Waals surface area contributed by atoms with Gasteiger partial charge in [-0.2, -0.15) is 0 Å². The Morgan fingerprint density at radius 1 is 1.41 bits per heavy atom. The van der Waals surface area contributed by atoms with E-state index in [1.165, 1.54) is 12.8 Å². The summed E-state index contributed by atoms with van der Waals surface area (Å²) in [5.74, 6) is 1.22. The average molecular weight is 256 g/mol. The first-order valence-electron chi connectivity index (χ1n) is 6.19. The van der Waals surface area contributed by atoms with Crippen LogP contribution in [0.4, 0.5) is 0 Å². The van der Waals surface area contributed by atoms with Gasteiger partial charge in [0.1, 0.15) is 5.75 Å². The molecule has 2 atom stereocenters. The average Bonchev–Trinajstić information content (AvgIpc) is 2.34. The van der Waals surface area contributed by atoms with E-state index in [2.05, 4.69) is 13.8 Å². The van der Waals surface area contributed by atoms with E-state index in [1.807, 2.05) is 18.2 Å². The van der Waals surface area contributed by atoms with Gasteiger partial charge in [0, 0.05) is 11.1 Å². The van der Waals surface area contributed by atoms with Crippen LogP contribution in [0.1, 0.15) is 44.7 Å². The summed E-state index contributed by atoms with van der Waals surface area (Å²) in [5, 5.41) is 0.695. The molecule has 96 valence electrons. The predicted molar refractivity (Wildman–Crippen MR) is 73.6 cm³/mol. The summed E-state index contributed by atoms with van der Waals surface area (Å²) >= 11 is 6.22. The molecule has 0 spiro atoms. The first-order chi connectivity index (χ1) is 8.10. The molecule has 0 aliphatic carbocycles. The predicted octanol–water partition coefficient (Wildman–Crippen LogP) is 4.17. The molecule has 0 amide bonds. The van der Waals surface area contributed by atoms with Crippen LogP contribution in [0, 0.1) is 5.92 Å². The third kappa shape index (κ3) is 3.90. The lowest BCUT2D eigenvalue weighted by Gasteiger charge is -2.21. The van der Waals surface area contributed by atoms with E-state index in [1.54, 1.807) is 7.11 Å². The fourth-order valence-corrected chi connectivity index (χ4v) is 2.21. The lowest BCUT2D eigenvalue weighted by atomic mass is 9.91. The second-order valence-electron chi connectivity index (χ2n) is 4.53. The molecular formula is C14H22ClNO. The normalized spacial score (nSPS) is 14.4. The van der Waals surface area contributed by atoms with Gasteiger partial charge in [0.25, 0.3) is 0 Å². The summed E-state index contributed by atoms with van der Waals surface area (Å²) in [5.41, 5.74) is 7.26. The number of nitrogens with two attached hydrogens (primary N) is 1. The van der Waals surface area contributed by atoms with Crippen LogP contribution >= 0.6 is 11.6 Å². The van der Waals surface area contributed by atoms with Gasteiger partial charge in [-0.15, -0.1) is 0 Å². The van der Waals surface area contributed by atoms with Crippen LogP contribution in [0.5, 0.6) is 5.75 Å². The van der Waals surface area contributed by atoms with E-state index < -0.39 is 0 Å². The fraction of sp³-hybridized carbons (Fsp3) is 0.571. The smallest absolute Gasteiger partial charge is 0.120 e. The van der Waals surface area contributed by atoms with Crippen molar-refractivity contribution in [2.24, 2.45) is 11.7 Å². The zero-order valence-electron chi connectivity index (χ0n) is 10.9. The molecule has 1 aromatic rings. The molecule has 2 unspecified atom stereocenters. The third-order valence-electron chi connectivity index (χ3n) is 3.19. The van der Waals surface area contributed by atoms with Crippen molar-refractivity contribution in [3.05, 3.63) is 28.8 Å². The standard InChI is InChI=1S/C14H22ClNO/c1-4-5-6-10(2)14(16)12-8-7-11(17-3)9-13(12)15/h7-10,14H,4-6,16H2,1-3H3. The molecule has 17 heavy (non-hydrogen) atoms. The van der Waals surface area contributed by atoms with Crippen molar-refractivity contribution in [3.8, 4) is 5.75 Å². The third-order valence-corrected chi connectivity index (χ3v) is 3.52. The largest absolute Gasteiger partial charge is 0.497 e. The van der Waals surface area contributed by atoms with Crippen molar-refractivity contribution in [2.45, 2.75) is 39.2 Å². The maximum Gasteiger partial charge on any atom is 0.120 e.